The minimum Gasteiger partial charge on any atom is -0.348 e. The molecule has 4 rings (SSSR count). The van der Waals surface area contributed by atoms with Crippen LogP contribution >= 0.6 is 11.3 Å². The van der Waals surface area contributed by atoms with E-state index < -0.39 is 0 Å². The first-order valence-electron chi connectivity index (χ1n) is 7.98. The van der Waals surface area contributed by atoms with E-state index in [0.29, 0.717) is 18.1 Å². The molecule has 1 aromatic carbocycles. The number of carbonyl (C=O) groups is 1. The topological polar surface area (TPSA) is 59.8 Å². The molecule has 0 atom stereocenters. The summed E-state index contributed by atoms with van der Waals surface area (Å²) in [5.41, 5.74) is 3.59. The smallest absolute Gasteiger partial charge is 0.280 e. The predicted molar refractivity (Wildman–Crippen MR) is 90.8 cm³/mol. The number of hydrogen-bond donors (Lipinski definition) is 1. The zero-order valence-electron chi connectivity index (χ0n) is 12.8. The van der Waals surface area contributed by atoms with Gasteiger partial charge in [0.25, 0.3) is 5.91 Å². The Labute approximate surface area is 138 Å². The zero-order chi connectivity index (χ0) is 15.6. The summed E-state index contributed by atoms with van der Waals surface area (Å²) in [6.07, 6.45) is 6.70. The molecule has 2 heterocycles. The van der Waals surface area contributed by atoms with Crippen LogP contribution in [0.4, 0.5) is 0 Å². The van der Waals surface area contributed by atoms with Gasteiger partial charge in [-0.25, -0.2) is 4.98 Å². The van der Waals surface area contributed by atoms with Crippen LogP contribution in [0.3, 0.4) is 0 Å². The maximum atomic E-state index is 12.2. The molecular weight excluding hydrogens is 308 g/mol. The second-order valence-electron chi connectivity index (χ2n) is 5.79. The summed E-state index contributed by atoms with van der Waals surface area (Å²) in [6.45, 7) is 1.29. The number of rotatable bonds is 4. The Kier molecular flexibility index (Phi) is 3.83. The van der Waals surface area contributed by atoms with Crippen LogP contribution in [0.25, 0.3) is 10.2 Å². The third kappa shape index (κ3) is 2.86. The molecule has 5 nitrogen and oxygen atoms in total. The van der Waals surface area contributed by atoms with Crippen molar-refractivity contribution in [1.82, 2.24) is 20.1 Å². The molecule has 6 heteroatoms. The number of carbonyl (C=O) groups excluding carboxylic acids is 1. The van der Waals surface area contributed by atoms with Gasteiger partial charge in [0.1, 0.15) is 0 Å². The second kappa shape index (κ2) is 6.12. The van der Waals surface area contributed by atoms with E-state index in [4.69, 9.17) is 0 Å². The maximum Gasteiger partial charge on any atom is 0.280 e. The highest BCUT2D eigenvalue weighted by Gasteiger charge is 2.15. The molecule has 0 unspecified atom stereocenters. The van der Waals surface area contributed by atoms with Crippen LogP contribution < -0.4 is 5.32 Å². The number of benzene rings is 1. The van der Waals surface area contributed by atoms with Gasteiger partial charge >= 0.3 is 0 Å². The second-order valence-corrected chi connectivity index (χ2v) is 6.82. The van der Waals surface area contributed by atoms with Gasteiger partial charge < -0.3 is 5.32 Å². The molecule has 1 aliphatic carbocycles. The molecule has 0 radical (unpaired) electrons. The molecule has 0 spiro atoms. The summed E-state index contributed by atoms with van der Waals surface area (Å²) in [4.78, 5) is 16.6. The van der Waals surface area contributed by atoms with E-state index >= 15 is 0 Å². The molecule has 0 saturated carbocycles. The molecule has 118 valence electrons. The van der Waals surface area contributed by atoms with E-state index in [1.807, 2.05) is 35.1 Å². The first-order valence-corrected chi connectivity index (χ1v) is 8.80. The standard InChI is InChI=1S/C17H18N4OS/c22-16(17-20-13-6-2-4-8-15(13)23-17)18-9-10-21-14-7-3-1-5-12(14)11-19-21/h2,4,6,8,11H,1,3,5,7,9-10H2,(H,18,22). The molecule has 0 saturated heterocycles. The zero-order valence-corrected chi connectivity index (χ0v) is 13.6. The van der Waals surface area contributed by atoms with Crippen LogP contribution in [0, 0.1) is 0 Å². The van der Waals surface area contributed by atoms with Gasteiger partial charge in [0.05, 0.1) is 23.0 Å². The minimum atomic E-state index is -0.104. The fraction of sp³-hybridized carbons (Fsp3) is 0.353. The number of para-hydroxylation sites is 1. The molecule has 1 amide bonds. The van der Waals surface area contributed by atoms with Gasteiger partial charge in [-0.2, -0.15) is 5.10 Å². The quantitative estimate of drug-likeness (QED) is 0.802. The van der Waals surface area contributed by atoms with E-state index in [-0.39, 0.29) is 5.91 Å². The first-order chi connectivity index (χ1) is 11.3. The average molecular weight is 326 g/mol. The Morgan fingerprint density at radius 1 is 1.26 bits per heavy atom. The van der Waals surface area contributed by atoms with Gasteiger partial charge in [0.15, 0.2) is 5.01 Å². The number of amides is 1. The van der Waals surface area contributed by atoms with Crippen LogP contribution in [0.1, 0.15) is 33.9 Å². The largest absolute Gasteiger partial charge is 0.348 e. The van der Waals surface area contributed by atoms with Crippen molar-refractivity contribution in [2.75, 3.05) is 6.54 Å². The van der Waals surface area contributed by atoms with Gasteiger partial charge in [-0.3, -0.25) is 9.48 Å². The lowest BCUT2D eigenvalue weighted by Crippen LogP contribution is -2.28. The van der Waals surface area contributed by atoms with Crippen molar-refractivity contribution in [1.29, 1.82) is 0 Å². The molecule has 0 bridgehead atoms. The number of nitrogens with zero attached hydrogens (tertiary/aromatic N) is 3. The van der Waals surface area contributed by atoms with E-state index in [9.17, 15) is 4.79 Å². The number of thiazole rings is 1. The van der Waals surface area contributed by atoms with Crippen LogP contribution in [0.2, 0.25) is 0 Å². The Balaban J connectivity index is 1.39. The van der Waals surface area contributed by atoms with Crippen LogP contribution in [-0.4, -0.2) is 27.2 Å². The summed E-state index contributed by atoms with van der Waals surface area (Å²) in [6, 6.07) is 7.81. The fourth-order valence-electron chi connectivity index (χ4n) is 3.07. The Bertz CT molecular complexity index is 818. The third-order valence-electron chi connectivity index (χ3n) is 4.24. The van der Waals surface area contributed by atoms with Gasteiger partial charge in [-0.15, -0.1) is 11.3 Å². The highest BCUT2D eigenvalue weighted by Crippen LogP contribution is 2.22. The summed E-state index contributed by atoms with van der Waals surface area (Å²) < 4.78 is 3.08. The van der Waals surface area contributed by atoms with E-state index in [1.165, 1.54) is 35.4 Å². The van der Waals surface area contributed by atoms with Crippen molar-refractivity contribution in [2.45, 2.75) is 32.2 Å². The molecule has 1 aliphatic rings. The summed E-state index contributed by atoms with van der Waals surface area (Å²) in [5, 5.41) is 7.93. The average Bonchev–Trinajstić information content (AvgIpc) is 3.19. The van der Waals surface area contributed by atoms with Crippen LogP contribution in [-0.2, 0) is 19.4 Å². The fourth-order valence-corrected chi connectivity index (χ4v) is 3.95. The van der Waals surface area contributed by atoms with Crippen molar-refractivity contribution >= 4 is 27.5 Å². The van der Waals surface area contributed by atoms with Crippen LogP contribution in [0.15, 0.2) is 30.5 Å². The number of hydrogen-bond acceptors (Lipinski definition) is 4. The monoisotopic (exact) mass is 326 g/mol. The van der Waals surface area contributed by atoms with Crippen molar-refractivity contribution in [3.63, 3.8) is 0 Å². The van der Waals surface area contributed by atoms with Crippen LogP contribution in [0.5, 0.6) is 0 Å². The summed E-state index contributed by atoms with van der Waals surface area (Å²) >= 11 is 1.43. The Hall–Kier alpha value is -2.21. The van der Waals surface area contributed by atoms with Crippen molar-refractivity contribution in [3.05, 3.63) is 46.7 Å². The number of aryl methyl sites for hydroxylation is 1. The molecule has 3 aromatic rings. The molecule has 2 aromatic heterocycles. The molecular formula is C17H18N4OS. The van der Waals surface area contributed by atoms with E-state index in [0.717, 1.165) is 23.1 Å². The molecule has 0 fully saturated rings. The lowest BCUT2D eigenvalue weighted by Gasteiger charge is -2.13. The minimum absolute atomic E-state index is 0.104. The van der Waals surface area contributed by atoms with Gasteiger partial charge in [0.2, 0.25) is 0 Å². The van der Waals surface area contributed by atoms with Crippen molar-refractivity contribution < 1.29 is 4.79 Å². The molecule has 23 heavy (non-hydrogen) atoms. The molecule has 0 aliphatic heterocycles. The number of nitrogens with one attached hydrogen (secondary N) is 1. The number of fused-ring (bicyclic) bond motifs is 2. The van der Waals surface area contributed by atoms with Crippen molar-refractivity contribution in [3.8, 4) is 0 Å². The SMILES string of the molecule is O=C(NCCn1ncc2c1CCCC2)c1nc2ccccc2s1. The van der Waals surface area contributed by atoms with E-state index in [2.05, 4.69) is 15.4 Å². The lowest BCUT2D eigenvalue weighted by molar-refractivity contribution is 0.0951. The normalized spacial score (nSPS) is 13.9. The summed E-state index contributed by atoms with van der Waals surface area (Å²) in [7, 11) is 0. The van der Waals surface area contributed by atoms with Gasteiger partial charge in [-0.05, 0) is 43.4 Å². The third-order valence-corrected chi connectivity index (χ3v) is 5.28. The maximum absolute atomic E-state index is 12.2. The number of aromatic nitrogens is 3. The highest BCUT2D eigenvalue weighted by molar-refractivity contribution is 7.20. The van der Waals surface area contributed by atoms with E-state index in [1.54, 1.807) is 0 Å². The van der Waals surface area contributed by atoms with Crippen molar-refractivity contribution in [2.24, 2.45) is 0 Å². The summed E-state index contributed by atoms with van der Waals surface area (Å²) in [5.74, 6) is -0.104. The molecule has 1 N–H and O–H groups in total. The highest BCUT2D eigenvalue weighted by atomic mass is 32.1. The Morgan fingerprint density at radius 2 is 2.13 bits per heavy atom. The first kappa shape index (κ1) is 14.4. The van der Waals surface area contributed by atoms with Gasteiger partial charge in [0, 0.05) is 12.2 Å². The lowest BCUT2D eigenvalue weighted by atomic mass is 9.98. The van der Waals surface area contributed by atoms with Gasteiger partial charge in [-0.1, -0.05) is 12.1 Å². The Morgan fingerprint density at radius 3 is 3.04 bits per heavy atom. The predicted octanol–water partition coefficient (Wildman–Crippen LogP) is 2.80.